The standard InChI is InChI=1S/C5H12N2S/c1-2-3-4-8-5(6)7/h2-4H2,1H3,(H3,6,7). The van der Waals surface area contributed by atoms with Crippen LogP contribution in [0.4, 0.5) is 0 Å². The van der Waals surface area contributed by atoms with Gasteiger partial charge >= 0.3 is 0 Å². The Hall–Kier alpha value is -0.180. The van der Waals surface area contributed by atoms with E-state index in [-0.39, 0.29) is 5.17 Å². The Labute approximate surface area is 54.3 Å². The van der Waals surface area contributed by atoms with Gasteiger partial charge in [-0.3, -0.25) is 5.41 Å². The maximum absolute atomic E-state index is 6.81. The first-order valence-corrected chi connectivity index (χ1v) is 3.72. The van der Waals surface area contributed by atoms with E-state index in [0.29, 0.717) is 0 Å². The first kappa shape index (κ1) is 7.82. The van der Waals surface area contributed by atoms with Crippen molar-refractivity contribution in [3.8, 4) is 0 Å². The molecule has 0 aliphatic carbocycles. The number of hydrogen-bond acceptors (Lipinski definition) is 2. The topological polar surface area (TPSA) is 49.9 Å². The smallest absolute Gasteiger partial charge is 0.151 e. The van der Waals surface area contributed by atoms with Crippen molar-refractivity contribution in [2.24, 2.45) is 5.73 Å². The Morgan fingerprint density at radius 2 is 2.38 bits per heavy atom. The Morgan fingerprint density at radius 3 is 2.75 bits per heavy atom. The van der Waals surface area contributed by atoms with Gasteiger partial charge < -0.3 is 5.73 Å². The van der Waals surface area contributed by atoms with Gasteiger partial charge in [-0.1, -0.05) is 25.1 Å². The molecule has 0 aromatic rings. The summed E-state index contributed by atoms with van der Waals surface area (Å²) < 4.78 is 0. The highest BCUT2D eigenvalue weighted by atomic mass is 32.2. The van der Waals surface area contributed by atoms with Crippen LogP contribution in [-0.4, -0.2) is 10.9 Å². The van der Waals surface area contributed by atoms with E-state index in [1.807, 2.05) is 0 Å². The van der Waals surface area contributed by atoms with E-state index in [2.05, 4.69) is 6.92 Å². The zero-order valence-corrected chi connectivity index (χ0v) is 5.92. The molecule has 8 heavy (non-hydrogen) atoms. The summed E-state index contributed by atoms with van der Waals surface area (Å²) in [5.74, 6) is 0.992. The molecule has 0 saturated heterocycles. The van der Waals surface area contributed by atoms with Crippen molar-refractivity contribution in [1.82, 2.24) is 0 Å². The Bertz CT molecular complexity index is 72.8. The Balaban J connectivity index is 2.82. The molecule has 0 unspecified atom stereocenters. The van der Waals surface area contributed by atoms with Crippen LogP contribution in [0, 0.1) is 5.41 Å². The lowest BCUT2D eigenvalue weighted by molar-refractivity contribution is 0.898. The van der Waals surface area contributed by atoms with Crippen molar-refractivity contribution in [3.05, 3.63) is 0 Å². The molecule has 0 spiro atoms. The van der Waals surface area contributed by atoms with Gasteiger partial charge in [0.25, 0.3) is 0 Å². The zero-order chi connectivity index (χ0) is 6.41. The Kier molecular flexibility index (Phi) is 4.85. The van der Waals surface area contributed by atoms with Crippen LogP contribution in [0.25, 0.3) is 0 Å². The van der Waals surface area contributed by atoms with Crippen molar-refractivity contribution in [3.63, 3.8) is 0 Å². The summed E-state index contributed by atoms with van der Waals surface area (Å²) in [5.41, 5.74) is 5.08. The van der Waals surface area contributed by atoms with Crippen molar-refractivity contribution < 1.29 is 0 Å². The molecular weight excluding hydrogens is 120 g/mol. The quantitative estimate of drug-likeness (QED) is 0.346. The number of nitrogens with two attached hydrogens (primary N) is 1. The molecule has 0 bridgehead atoms. The van der Waals surface area contributed by atoms with Crippen molar-refractivity contribution >= 4 is 16.9 Å². The summed E-state index contributed by atoms with van der Waals surface area (Å²) in [4.78, 5) is 0. The van der Waals surface area contributed by atoms with E-state index in [9.17, 15) is 0 Å². The van der Waals surface area contributed by atoms with Gasteiger partial charge in [0.05, 0.1) is 0 Å². The number of unbranched alkanes of at least 4 members (excludes halogenated alkanes) is 1. The fourth-order valence-electron chi connectivity index (χ4n) is 0.326. The lowest BCUT2D eigenvalue weighted by Crippen LogP contribution is -2.04. The highest BCUT2D eigenvalue weighted by molar-refractivity contribution is 8.13. The number of rotatable bonds is 3. The van der Waals surface area contributed by atoms with Crippen LogP contribution in [0.2, 0.25) is 0 Å². The van der Waals surface area contributed by atoms with E-state index in [0.717, 1.165) is 12.2 Å². The monoisotopic (exact) mass is 132 g/mol. The third-order valence-electron chi connectivity index (χ3n) is 0.755. The van der Waals surface area contributed by atoms with Crippen molar-refractivity contribution in [2.75, 3.05) is 5.75 Å². The van der Waals surface area contributed by atoms with Crippen LogP contribution in [0.15, 0.2) is 0 Å². The fraction of sp³-hybridized carbons (Fsp3) is 0.800. The lowest BCUT2D eigenvalue weighted by atomic mass is 10.4. The van der Waals surface area contributed by atoms with Crippen LogP contribution in [0.5, 0.6) is 0 Å². The van der Waals surface area contributed by atoms with Gasteiger partial charge in [0.2, 0.25) is 0 Å². The van der Waals surface area contributed by atoms with Gasteiger partial charge in [-0.15, -0.1) is 0 Å². The molecule has 0 aliphatic heterocycles. The fourth-order valence-corrected chi connectivity index (χ4v) is 0.979. The predicted octanol–water partition coefficient (Wildman–Crippen LogP) is 1.41. The average Bonchev–Trinajstić information content (AvgIpc) is 1.66. The second-order valence-corrected chi connectivity index (χ2v) is 2.70. The number of hydrogen-bond donors (Lipinski definition) is 2. The van der Waals surface area contributed by atoms with Gasteiger partial charge in [-0.2, -0.15) is 0 Å². The van der Waals surface area contributed by atoms with Gasteiger partial charge in [0.1, 0.15) is 0 Å². The second-order valence-electron chi connectivity index (χ2n) is 1.57. The summed E-state index contributed by atoms with van der Waals surface area (Å²) in [6.07, 6.45) is 2.34. The molecule has 0 aromatic heterocycles. The van der Waals surface area contributed by atoms with Crippen LogP contribution in [0.3, 0.4) is 0 Å². The number of amidine groups is 1. The molecule has 0 rings (SSSR count). The maximum Gasteiger partial charge on any atom is 0.151 e. The van der Waals surface area contributed by atoms with Crippen molar-refractivity contribution in [2.45, 2.75) is 19.8 Å². The molecule has 0 heterocycles. The summed E-state index contributed by atoms with van der Waals surface area (Å²) in [7, 11) is 0. The Morgan fingerprint density at radius 1 is 1.75 bits per heavy atom. The molecule has 48 valence electrons. The average molecular weight is 132 g/mol. The van der Waals surface area contributed by atoms with Gasteiger partial charge in [-0.25, -0.2) is 0 Å². The van der Waals surface area contributed by atoms with Crippen LogP contribution in [-0.2, 0) is 0 Å². The summed E-state index contributed by atoms with van der Waals surface area (Å²) in [6.45, 7) is 2.13. The van der Waals surface area contributed by atoms with E-state index in [1.165, 1.54) is 18.2 Å². The molecule has 0 saturated carbocycles. The molecule has 0 amide bonds. The molecule has 3 N–H and O–H groups in total. The molecule has 2 nitrogen and oxygen atoms in total. The number of nitrogens with one attached hydrogen (secondary N) is 1. The van der Waals surface area contributed by atoms with E-state index < -0.39 is 0 Å². The molecular formula is C5H12N2S. The third-order valence-corrected chi connectivity index (χ3v) is 1.56. The molecule has 0 aromatic carbocycles. The number of thioether (sulfide) groups is 1. The molecule has 0 radical (unpaired) electrons. The normalized spacial score (nSPS) is 9.12. The van der Waals surface area contributed by atoms with E-state index >= 15 is 0 Å². The van der Waals surface area contributed by atoms with Gasteiger partial charge in [0, 0.05) is 5.75 Å². The first-order valence-electron chi connectivity index (χ1n) is 2.74. The highest BCUT2D eigenvalue weighted by Gasteiger charge is 1.87. The van der Waals surface area contributed by atoms with E-state index in [1.54, 1.807) is 0 Å². The highest BCUT2D eigenvalue weighted by Crippen LogP contribution is 2.01. The molecule has 0 fully saturated rings. The summed E-state index contributed by atoms with van der Waals surface area (Å²) >= 11 is 1.42. The van der Waals surface area contributed by atoms with Crippen LogP contribution < -0.4 is 5.73 Å². The lowest BCUT2D eigenvalue weighted by Gasteiger charge is -1.93. The maximum atomic E-state index is 6.81. The third kappa shape index (κ3) is 5.82. The van der Waals surface area contributed by atoms with Gasteiger partial charge in [0.15, 0.2) is 5.17 Å². The minimum absolute atomic E-state index is 0.235. The summed E-state index contributed by atoms with van der Waals surface area (Å²) in [6, 6.07) is 0. The van der Waals surface area contributed by atoms with Crippen LogP contribution in [0.1, 0.15) is 19.8 Å². The van der Waals surface area contributed by atoms with Gasteiger partial charge in [-0.05, 0) is 6.42 Å². The minimum Gasteiger partial charge on any atom is -0.379 e. The minimum atomic E-state index is 0.235. The van der Waals surface area contributed by atoms with Crippen molar-refractivity contribution in [1.29, 1.82) is 5.41 Å². The zero-order valence-electron chi connectivity index (χ0n) is 5.11. The van der Waals surface area contributed by atoms with E-state index in [4.69, 9.17) is 11.1 Å². The molecule has 0 aliphatic rings. The predicted molar refractivity (Wildman–Crippen MR) is 39.3 cm³/mol. The van der Waals surface area contributed by atoms with Crippen LogP contribution >= 0.6 is 11.8 Å². The first-order chi connectivity index (χ1) is 3.77. The second kappa shape index (κ2) is 4.97. The molecule has 3 heteroatoms. The largest absolute Gasteiger partial charge is 0.379 e. The summed E-state index contributed by atoms with van der Waals surface area (Å²) in [5, 5.41) is 7.05. The SMILES string of the molecule is CCCCSC(=N)N. The molecule has 0 atom stereocenters.